The number of ether oxygens (including phenoxy) is 1. The molecule has 0 aliphatic heterocycles. The highest BCUT2D eigenvalue weighted by Crippen LogP contribution is 2.13. The minimum absolute atomic E-state index is 0.0684. The molecular weight excluding hydrogens is 218 g/mol. The first kappa shape index (κ1) is 12.9. The molecule has 0 radical (unpaired) electrons. The average Bonchev–Trinajstić information content (AvgIpc) is 2.33. The number of unbranched alkanes of at least 4 members (excludes halogenated alkanes) is 1. The molecule has 0 heterocycles. The second-order valence-corrected chi connectivity index (χ2v) is 3.50. The van der Waals surface area contributed by atoms with Crippen LogP contribution >= 0.6 is 0 Å². The van der Waals surface area contributed by atoms with Crippen LogP contribution in [-0.4, -0.2) is 18.4 Å². The molecule has 0 saturated carbocycles. The second-order valence-electron chi connectivity index (χ2n) is 3.50. The molecule has 17 heavy (non-hydrogen) atoms. The fraction of sp³-hybridized carbons (Fsp3) is 0.308. The van der Waals surface area contributed by atoms with E-state index in [-0.39, 0.29) is 11.4 Å². The number of hydrogen-bond acceptors (Lipinski definition) is 4. The largest absolute Gasteiger partial charge is 0.462 e. The molecule has 0 unspecified atom stereocenters. The number of esters is 1. The summed E-state index contributed by atoms with van der Waals surface area (Å²) >= 11 is 0. The Hall–Kier alpha value is -2.15. The van der Waals surface area contributed by atoms with Crippen LogP contribution in [0.15, 0.2) is 35.5 Å². The van der Waals surface area contributed by atoms with E-state index in [9.17, 15) is 9.59 Å². The highest BCUT2D eigenvalue weighted by molar-refractivity contribution is 6.03. The molecule has 88 valence electrons. The third-order valence-corrected chi connectivity index (χ3v) is 2.19. The van der Waals surface area contributed by atoms with Gasteiger partial charge < -0.3 is 4.74 Å². The monoisotopic (exact) mass is 231 g/mol. The van der Waals surface area contributed by atoms with E-state index in [0.29, 0.717) is 12.2 Å². The van der Waals surface area contributed by atoms with Gasteiger partial charge >= 0.3 is 5.97 Å². The van der Waals surface area contributed by atoms with Crippen molar-refractivity contribution < 1.29 is 14.3 Å². The van der Waals surface area contributed by atoms with E-state index < -0.39 is 5.97 Å². The number of nitrogens with zero attached hydrogens (tertiary/aromatic N) is 1. The predicted octanol–water partition coefficient (Wildman–Crippen LogP) is 1.84. The normalized spacial score (nSPS) is 13.4. The van der Waals surface area contributed by atoms with Gasteiger partial charge in [-0.3, -0.25) is 4.79 Å². The zero-order valence-corrected chi connectivity index (χ0v) is 9.60. The quantitative estimate of drug-likeness (QED) is 0.320. The summed E-state index contributed by atoms with van der Waals surface area (Å²) in [5.41, 5.74) is 0.342. The van der Waals surface area contributed by atoms with Gasteiger partial charge in [-0.1, -0.05) is 13.3 Å². The molecule has 4 nitrogen and oxygen atoms in total. The zero-order chi connectivity index (χ0) is 12.7. The number of nitriles is 1. The van der Waals surface area contributed by atoms with Crippen molar-refractivity contribution in [3.05, 3.63) is 35.5 Å². The van der Waals surface area contributed by atoms with Crippen LogP contribution in [-0.2, 0) is 14.3 Å². The third kappa shape index (κ3) is 3.72. The molecule has 1 rings (SSSR count). The Labute approximate surface area is 99.9 Å². The van der Waals surface area contributed by atoms with Gasteiger partial charge in [0.25, 0.3) is 0 Å². The fourth-order valence-corrected chi connectivity index (χ4v) is 1.23. The van der Waals surface area contributed by atoms with Gasteiger partial charge in [-0.05, 0) is 36.3 Å². The van der Waals surface area contributed by atoms with Crippen molar-refractivity contribution >= 4 is 11.8 Å². The Bertz CT molecular complexity index is 432. The summed E-state index contributed by atoms with van der Waals surface area (Å²) in [5.74, 6) is -0.801. The van der Waals surface area contributed by atoms with Crippen molar-refractivity contribution in [2.45, 2.75) is 19.8 Å². The number of allylic oxidation sites excluding steroid dienone is 5. The molecule has 1 aliphatic rings. The van der Waals surface area contributed by atoms with Gasteiger partial charge in [0.15, 0.2) is 5.78 Å². The van der Waals surface area contributed by atoms with Gasteiger partial charge in [-0.2, -0.15) is 5.26 Å². The van der Waals surface area contributed by atoms with Crippen LogP contribution in [0.5, 0.6) is 0 Å². The van der Waals surface area contributed by atoms with Crippen molar-refractivity contribution in [3.63, 3.8) is 0 Å². The number of ketones is 1. The summed E-state index contributed by atoms with van der Waals surface area (Å²) in [6.07, 6.45) is 7.20. The first-order valence-electron chi connectivity index (χ1n) is 5.40. The van der Waals surface area contributed by atoms with Crippen LogP contribution in [0, 0.1) is 11.3 Å². The summed E-state index contributed by atoms with van der Waals surface area (Å²) in [5, 5.41) is 8.91. The molecule has 0 aromatic carbocycles. The van der Waals surface area contributed by atoms with Crippen molar-refractivity contribution in [2.75, 3.05) is 6.61 Å². The molecule has 0 fully saturated rings. The lowest BCUT2D eigenvalue weighted by molar-refractivity contribution is -0.138. The lowest BCUT2D eigenvalue weighted by Gasteiger charge is -2.05. The van der Waals surface area contributed by atoms with Crippen molar-refractivity contribution in [1.82, 2.24) is 0 Å². The molecule has 0 aromatic heterocycles. The molecular formula is C13H13NO3. The molecule has 0 saturated heterocycles. The zero-order valence-electron chi connectivity index (χ0n) is 9.60. The summed E-state index contributed by atoms with van der Waals surface area (Å²) in [4.78, 5) is 22.5. The van der Waals surface area contributed by atoms with E-state index in [1.807, 2.05) is 6.92 Å². The molecule has 0 N–H and O–H groups in total. The maximum absolute atomic E-state index is 11.6. The molecule has 4 heteroatoms. The predicted molar refractivity (Wildman–Crippen MR) is 61.8 cm³/mol. The average molecular weight is 231 g/mol. The topological polar surface area (TPSA) is 67.2 Å². The lowest BCUT2D eigenvalue weighted by Crippen LogP contribution is -2.10. The minimum atomic E-state index is -0.639. The highest BCUT2D eigenvalue weighted by Gasteiger charge is 2.15. The SMILES string of the molecule is CCCCOC(=O)C(C#N)=C1C=CC(=O)C=C1. The number of rotatable bonds is 4. The first-order valence-corrected chi connectivity index (χ1v) is 5.40. The summed E-state index contributed by atoms with van der Waals surface area (Å²) in [6.45, 7) is 2.29. The number of carbonyl (C=O) groups excluding carboxylic acids is 2. The smallest absolute Gasteiger partial charge is 0.349 e. The van der Waals surface area contributed by atoms with Crippen LogP contribution in [0.2, 0.25) is 0 Å². The van der Waals surface area contributed by atoms with Gasteiger partial charge in [0.2, 0.25) is 0 Å². The van der Waals surface area contributed by atoms with Crippen molar-refractivity contribution in [1.29, 1.82) is 5.26 Å². The summed E-state index contributed by atoms with van der Waals surface area (Å²) < 4.78 is 4.94. The van der Waals surface area contributed by atoms with Gasteiger partial charge in [0.05, 0.1) is 6.61 Å². The molecule has 0 atom stereocenters. The van der Waals surface area contributed by atoms with Crippen LogP contribution in [0.3, 0.4) is 0 Å². The third-order valence-electron chi connectivity index (χ3n) is 2.19. The number of hydrogen-bond donors (Lipinski definition) is 0. The van der Waals surface area contributed by atoms with Crippen LogP contribution in [0.25, 0.3) is 0 Å². The lowest BCUT2D eigenvalue weighted by atomic mass is 10.0. The van der Waals surface area contributed by atoms with Crippen molar-refractivity contribution in [2.24, 2.45) is 0 Å². The molecule has 0 aromatic rings. The van der Waals surface area contributed by atoms with E-state index in [4.69, 9.17) is 10.00 Å². The van der Waals surface area contributed by atoms with Crippen LogP contribution in [0.1, 0.15) is 19.8 Å². The fourth-order valence-electron chi connectivity index (χ4n) is 1.23. The molecule has 0 spiro atoms. The maximum atomic E-state index is 11.6. The van der Waals surface area contributed by atoms with Crippen LogP contribution in [0.4, 0.5) is 0 Å². The summed E-state index contributed by atoms with van der Waals surface area (Å²) in [7, 11) is 0. The number of carbonyl (C=O) groups is 2. The van der Waals surface area contributed by atoms with Gasteiger partial charge in [-0.25, -0.2) is 4.79 Å². The first-order chi connectivity index (χ1) is 8.19. The van der Waals surface area contributed by atoms with E-state index in [1.54, 1.807) is 6.07 Å². The van der Waals surface area contributed by atoms with E-state index in [0.717, 1.165) is 12.8 Å². The Morgan fingerprint density at radius 3 is 2.53 bits per heavy atom. The van der Waals surface area contributed by atoms with E-state index in [2.05, 4.69) is 0 Å². The van der Waals surface area contributed by atoms with Gasteiger partial charge in [0, 0.05) is 0 Å². The van der Waals surface area contributed by atoms with Crippen LogP contribution < -0.4 is 0 Å². The Morgan fingerprint density at radius 2 is 2.00 bits per heavy atom. The van der Waals surface area contributed by atoms with E-state index in [1.165, 1.54) is 24.3 Å². The molecule has 0 amide bonds. The Kier molecular flexibility index (Phi) is 4.89. The van der Waals surface area contributed by atoms with Gasteiger partial charge in [-0.15, -0.1) is 0 Å². The Balaban J connectivity index is 2.78. The molecule has 1 aliphatic carbocycles. The second kappa shape index (κ2) is 6.44. The standard InChI is InChI=1S/C13H13NO3/c1-2-3-8-17-13(16)12(9-14)10-4-6-11(15)7-5-10/h4-7H,2-3,8H2,1H3. The highest BCUT2D eigenvalue weighted by atomic mass is 16.5. The van der Waals surface area contributed by atoms with E-state index >= 15 is 0 Å². The molecule has 0 bridgehead atoms. The summed E-state index contributed by atoms with van der Waals surface area (Å²) in [6, 6.07) is 1.80. The minimum Gasteiger partial charge on any atom is -0.462 e. The maximum Gasteiger partial charge on any atom is 0.349 e. The van der Waals surface area contributed by atoms with Crippen molar-refractivity contribution in [3.8, 4) is 6.07 Å². The Morgan fingerprint density at radius 1 is 1.35 bits per heavy atom. The van der Waals surface area contributed by atoms with Gasteiger partial charge in [0.1, 0.15) is 11.6 Å².